The van der Waals surface area contributed by atoms with Gasteiger partial charge in [0.05, 0.1) is 20.0 Å². The van der Waals surface area contributed by atoms with Crippen molar-refractivity contribution in [2.45, 2.75) is 4.90 Å². The Labute approximate surface area is 246 Å². The zero-order valence-electron chi connectivity index (χ0n) is 22.8. The van der Waals surface area contributed by atoms with Crippen LogP contribution in [0.3, 0.4) is 0 Å². The largest absolute Gasteiger partial charge is 0.497 e. The summed E-state index contributed by atoms with van der Waals surface area (Å²) in [4.78, 5) is 39.2. The molecule has 4 aromatic rings. The van der Waals surface area contributed by atoms with E-state index in [0.29, 0.717) is 34.0 Å². The van der Waals surface area contributed by atoms with Crippen LogP contribution in [0.4, 0.5) is 15.8 Å². The summed E-state index contributed by atoms with van der Waals surface area (Å²) < 4.78 is 23.8. The summed E-state index contributed by atoms with van der Waals surface area (Å²) in [6.07, 6.45) is 1.47. The molecule has 0 heterocycles. The van der Waals surface area contributed by atoms with Crippen molar-refractivity contribution in [1.29, 1.82) is 0 Å². The smallest absolute Gasteiger partial charge is 0.272 e. The summed E-state index contributed by atoms with van der Waals surface area (Å²) in [6.45, 7) is 0. The Balaban J connectivity index is 1.39. The molecule has 42 heavy (non-hydrogen) atoms. The van der Waals surface area contributed by atoms with Crippen LogP contribution in [-0.4, -0.2) is 37.7 Å². The molecule has 0 unspecified atom stereocenters. The molecule has 8 nitrogen and oxygen atoms in total. The van der Waals surface area contributed by atoms with Crippen LogP contribution in [0.2, 0.25) is 0 Å². The van der Waals surface area contributed by atoms with E-state index < -0.39 is 17.6 Å². The molecule has 214 valence electrons. The molecule has 0 bridgehead atoms. The van der Waals surface area contributed by atoms with Crippen molar-refractivity contribution in [2.75, 3.05) is 30.6 Å². The van der Waals surface area contributed by atoms with E-state index in [9.17, 15) is 18.8 Å². The minimum atomic E-state index is -0.558. The Kier molecular flexibility index (Phi) is 10.3. The number of rotatable bonds is 11. The lowest BCUT2D eigenvalue weighted by molar-refractivity contribution is -0.114. The van der Waals surface area contributed by atoms with Gasteiger partial charge < -0.3 is 25.4 Å². The number of nitrogens with one attached hydrogen (secondary N) is 3. The third kappa shape index (κ3) is 8.70. The van der Waals surface area contributed by atoms with Gasteiger partial charge in [0.25, 0.3) is 11.8 Å². The molecule has 0 aliphatic rings. The van der Waals surface area contributed by atoms with Crippen LogP contribution in [0.15, 0.2) is 108 Å². The number of halogens is 1. The Bertz CT molecular complexity index is 1550. The van der Waals surface area contributed by atoms with Gasteiger partial charge in [0.1, 0.15) is 23.0 Å². The summed E-state index contributed by atoms with van der Waals surface area (Å²) in [7, 11) is 3.07. The van der Waals surface area contributed by atoms with Crippen LogP contribution in [0, 0.1) is 5.82 Å². The molecule has 0 aromatic heterocycles. The van der Waals surface area contributed by atoms with Crippen molar-refractivity contribution < 1.29 is 28.2 Å². The highest BCUT2D eigenvalue weighted by atomic mass is 32.2. The van der Waals surface area contributed by atoms with E-state index in [-0.39, 0.29) is 17.4 Å². The summed E-state index contributed by atoms with van der Waals surface area (Å²) in [6, 6.07) is 26.1. The molecule has 3 N–H and O–H groups in total. The highest BCUT2D eigenvalue weighted by Crippen LogP contribution is 2.26. The SMILES string of the molecule is COc1cc(NC(=O)CSc2ccc(NC(=O)/C(=C/c3ccc(F)cc3)NC(=O)c3ccccc3)cc2)cc(OC)c1. The second-order valence-electron chi connectivity index (χ2n) is 8.85. The molecule has 4 aromatic carbocycles. The van der Waals surface area contributed by atoms with E-state index >= 15 is 0 Å². The Hall–Kier alpha value is -5.09. The molecule has 0 aliphatic carbocycles. The minimum Gasteiger partial charge on any atom is -0.497 e. The van der Waals surface area contributed by atoms with Gasteiger partial charge >= 0.3 is 0 Å². The van der Waals surface area contributed by atoms with Crippen LogP contribution in [0.1, 0.15) is 15.9 Å². The van der Waals surface area contributed by atoms with E-state index in [0.717, 1.165) is 4.90 Å². The predicted molar refractivity (Wildman–Crippen MR) is 162 cm³/mol. The van der Waals surface area contributed by atoms with E-state index in [1.54, 1.807) is 72.8 Å². The van der Waals surface area contributed by atoms with Gasteiger partial charge in [-0.05, 0) is 60.2 Å². The fraction of sp³-hybridized carbons (Fsp3) is 0.0938. The van der Waals surface area contributed by atoms with Gasteiger partial charge in [-0.25, -0.2) is 4.39 Å². The first-order valence-corrected chi connectivity index (χ1v) is 13.7. The number of anilines is 2. The molecule has 0 atom stereocenters. The topological polar surface area (TPSA) is 106 Å². The Morgan fingerprint density at radius 3 is 2.05 bits per heavy atom. The molecular formula is C32H28FN3O5S. The first-order chi connectivity index (χ1) is 20.3. The monoisotopic (exact) mass is 585 g/mol. The molecule has 3 amide bonds. The highest BCUT2D eigenvalue weighted by Gasteiger charge is 2.15. The first-order valence-electron chi connectivity index (χ1n) is 12.7. The molecule has 4 rings (SSSR count). The number of ether oxygens (including phenoxy) is 2. The highest BCUT2D eigenvalue weighted by molar-refractivity contribution is 8.00. The van der Waals surface area contributed by atoms with Gasteiger partial charge in [-0.15, -0.1) is 11.8 Å². The van der Waals surface area contributed by atoms with Gasteiger partial charge in [0, 0.05) is 40.0 Å². The molecule has 0 fully saturated rings. The van der Waals surface area contributed by atoms with E-state index in [4.69, 9.17) is 9.47 Å². The van der Waals surface area contributed by atoms with Gasteiger partial charge in [-0.2, -0.15) is 0 Å². The molecule has 0 spiro atoms. The first kappa shape index (κ1) is 29.9. The zero-order valence-corrected chi connectivity index (χ0v) is 23.7. The summed E-state index contributed by atoms with van der Waals surface area (Å²) in [5, 5.41) is 8.24. The van der Waals surface area contributed by atoms with Crippen molar-refractivity contribution in [3.05, 3.63) is 120 Å². The number of amides is 3. The predicted octanol–water partition coefficient (Wildman–Crippen LogP) is 5.98. The number of carbonyl (C=O) groups is 3. The third-order valence-corrected chi connectivity index (χ3v) is 6.84. The van der Waals surface area contributed by atoms with Crippen LogP contribution >= 0.6 is 11.8 Å². The van der Waals surface area contributed by atoms with E-state index in [2.05, 4.69) is 16.0 Å². The van der Waals surface area contributed by atoms with Crippen molar-refractivity contribution in [1.82, 2.24) is 5.32 Å². The molecule has 0 radical (unpaired) electrons. The van der Waals surface area contributed by atoms with Crippen molar-refractivity contribution in [3.63, 3.8) is 0 Å². The van der Waals surface area contributed by atoms with Crippen LogP contribution in [0.5, 0.6) is 11.5 Å². The second kappa shape index (κ2) is 14.5. The lowest BCUT2D eigenvalue weighted by Gasteiger charge is -2.12. The van der Waals surface area contributed by atoms with Crippen molar-refractivity contribution >= 4 is 46.9 Å². The minimum absolute atomic E-state index is 0.0141. The lowest BCUT2D eigenvalue weighted by atomic mass is 10.1. The number of thioether (sulfide) groups is 1. The van der Waals surface area contributed by atoms with Crippen LogP contribution in [-0.2, 0) is 9.59 Å². The maximum Gasteiger partial charge on any atom is 0.272 e. The van der Waals surface area contributed by atoms with Crippen LogP contribution in [0.25, 0.3) is 6.08 Å². The van der Waals surface area contributed by atoms with Crippen LogP contribution < -0.4 is 25.4 Å². The number of hydrogen-bond acceptors (Lipinski definition) is 6. The molecule has 0 saturated carbocycles. The summed E-state index contributed by atoms with van der Waals surface area (Å²) in [5.41, 5.74) is 1.94. The van der Waals surface area contributed by atoms with Gasteiger partial charge in [-0.1, -0.05) is 30.3 Å². The lowest BCUT2D eigenvalue weighted by Crippen LogP contribution is -2.30. The Morgan fingerprint density at radius 2 is 1.43 bits per heavy atom. The number of methoxy groups -OCH3 is 2. The Morgan fingerprint density at radius 1 is 0.786 bits per heavy atom. The molecule has 0 saturated heterocycles. The third-order valence-electron chi connectivity index (χ3n) is 5.83. The fourth-order valence-electron chi connectivity index (χ4n) is 3.73. The zero-order chi connectivity index (χ0) is 29.9. The average Bonchev–Trinajstić information content (AvgIpc) is 3.01. The van der Waals surface area contributed by atoms with Gasteiger partial charge in [-0.3, -0.25) is 14.4 Å². The number of hydrogen-bond donors (Lipinski definition) is 3. The van der Waals surface area contributed by atoms with Crippen molar-refractivity contribution in [3.8, 4) is 11.5 Å². The maximum absolute atomic E-state index is 13.4. The quantitative estimate of drug-likeness (QED) is 0.148. The van der Waals surface area contributed by atoms with Crippen molar-refractivity contribution in [2.24, 2.45) is 0 Å². The summed E-state index contributed by atoms with van der Waals surface area (Å²) >= 11 is 1.32. The average molecular weight is 586 g/mol. The van der Waals surface area contributed by atoms with Gasteiger partial charge in [0.15, 0.2) is 0 Å². The molecule has 0 aliphatic heterocycles. The summed E-state index contributed by atoms with van der Waals surface area (Å²) in [5.74, 6) is -0.370. The fourth-order valence-corrected chi connectivity index (χ4v) is 4.43. The standard InChI is InChI=1S/C32H28FN3O5S/c1-40-26-17-25(18-27(19-26)41-2)34-30(37)20-42-28-14-12-24(13-15-28)35-32(39)29(16-21-8-10-23(33)11-9-21)36-31(38)22-6-4-3-5-7-22/h3-19H,20H2,1-2H3,(H,34,37)(H,35,39)(H,36,38)/b29-16-. The van der Waals surface area contributed by atoms with E-state index in [1.807, 2.05) is 0 Å². The molecular weight excluding hydrogens is 557 g/mol. The molecule has 10 heteroatoms. The number of carbonyl (C=O) groups excluding carboxylic acids is 3. The van der Waals surface area contributed by atoms with E-state index in [1.165, 1.54) is 56.3 Å². The second-order valence-corrected chi connectivity index (χ2v) is 9.90. The number of benzene rings is 4. The normalized spacial score (nSPS) is 10.9. The maximum atomic E-state index is 13.4. The van der Waals surface area contributed by atoms with Gasteiger partial charge in [0.2, 0.25) is 5.91 Å².